The maximum Gasteiger partial charge on any atom is 0.407 e. The number of nitrogen functional groups attached to an aromatic ring is 1. The van der Waals surface area contributed by atoms with E-state index in [2.05, 4.69) is 20.7 Å². The fourth-order valence-electron chi connectivity index (χ4n) is 13.4. The van der Waals surface area contributed by atoms with E-state index in [-0.39, 0.29) is 79.3 Å². The number of methoxy groups -OCH3 is 4. The van der Waals surface area contributed by atoms with Gasteiger partial charge in [-0.25, -0.2) is 28.8 Å². The van der Waals surface area contributed by atoms with Gasteiger partial charge in [-0.2, -0.15) is 0 Å². The number of rotatable bonds is 42. The van der Waals surface area contributed by atoms with Gasteiger partial charge in [0.15, 0.2) is 5.78 Å². The van der Waals surface area contributed by atoms with Crippen LogP contribution in [-0.2, 0) is 113 Å². The third-order valence-electron chi connectivity index (χ3n) is 20.8. The van der Waals surface area contributed by atoms with Gasteiger partial charge < -0.3 is 59.6 Å². The number of amides is 3. The van der Waals surface area contributed by atoms with Gasteiger partial charge in [0.25, 0.3) is 5.91 Å². The number of esters is 4. The highest BCUT2D eigenvalue weighted by Crippen LogP contribution is 2.24. The number of hydrogen-bond donors (Lipinski definition) is 4. The van der Waals surface area contributed by atoms with E-state index in [4.69, 9.17) is 38.9 Å². The fourth-order valence-corrected chi connectivity index (χ4v) is 13.4. The van der Waals surface area contributed by atoms with Crippen LogP contribution in [0.5, 0.6) is 11.5 Å². The van der Waals surface area contributed by atoms with Crippen molar-refractivity contribution in [2.75, 3.05) is 47.3 Å². The molecule has 0 heterocycles. The highest BCUT2D eigenvalue weighted by atomic mass is 16.6. The second kappa shape index (κ2) is 55.0. The molecule has 0 aliphatic rings. The third kappa shape index (κ3) is 36.9. The zero-order chi connectivity index (χ0) is 92.5. The van der Waals surface area contributed by atoms with Crippen molar-refractivity contribution in [3.8, 4) is 11.5 Å². The Bertz CT molecular complexity index is 5400. The monoisotopic (exact) mass is 1750 g/mol. The Morgan fingerprint density at radius 1 is 0.295 bits per heavy atom. The molecule has 0 aliphatic carbocycles. The number of carbonyl (C=O) groups is 11. The highest BCUT2D eigenvalue weighted by Gasteiger charge is 2.25. The van der Waals surface area contributed by atoms with Crippen molar-refractivity contribution in [1.82, 2.24) is 16.0 Å². The lowest BCUT2D eigenvalue weighted by molar-refractivity contribution is -0.122. The van der Waals surface area contributed by atoms with E-state index in [1.807, 2.05) is 209 Å². The van der Waals surface area contributed by atoms with E-state index < -0.39 is 42.0 Å². The van der Waals surface area contributed by atoms with E-state index in [0.717, 1.165) is 75.3 Å². The molecule has 23 heteroatoms. The van der Waals surface area contributed by atoms with Crippen LogP contribution in [0.1, 0.15) is 167 Å². The summed E-state index contributed by atoms with van der Waals surface area (Å²) in [5.41, 5.74) is 17.1. The maximum atomic E-state index is 13.7. The molecule has 0 unspecified atom stereocenters. The summed E-state index contributed by atoms with van der Waals surface area (Å²) in [6.45, 7) is 7.99. The predicted molar refractivity (Wildman–Crippen MR) is 494 cm³/mol. The van der Waals surface area contributed by atoms with Crippen LogP contribution in [0.15, 0.2) is 291 Å². The molecule has 0 saturated heterocycles. The van der Waals surface area contributed by atoms with Crippen LogP contribution in [0.2, 0.25) is 0 Å². The molecule has 0 radical (unpaired) electrons. The minimum Gasteiger partial charge on any atom is -0.489 e. The van der Waals surface area contributed by atoms with Gasteiger partial charge in [-0.15, -0.1) is 0 Å². The van der Waals surface area contributed by atoms with Gasteiger partial charge in [0.05, 0.1) is 56.7 Å². The zero-order valence-electron chi connectivity index (χ0n) is 74.1. The lowest BCUT2D eigenvalue weighted by Gasteiger charge is -2.19. The number of alkyl carbamates (subject to hydrolysis) is 2. The Labute approximate surface area is 754 Å². The van der Waals surface area contributed by atoms with Crippen LogP contribution in [0, 0.1) is 17.8 Å². The molecule has 3 amide bonds. The van der Waals surface area contributed by atoms with Crippen LogP contribution in [0.4, 0.5) is 15.3 Å². The smallest absolute Gasteiger partial charge is 0.407 e. The molecule has 0 aromatic heterocycles. The van der Waals surface area contributed by atoms with Crippen molar-refractivity contribution in [2.45, 2.75) is 130 Å². The summed E-state index contributed by atoms with van der Waals surface area (Å²) in [7, 11) is 5.31. The van der Waals surface area contributed by atoms with Gasteiger partial charge in [0.1, 0.15) is 55.3 Å². The van der Waals surface area contributed by atoms with E-state index >= 15 is 0 Å². The summed E-state index contributed by atoms with van der Waals surface area (Å²) in [5, 5.41) is 8.37. The lowest BCUT2D eigenvalue weighted by Crippen LogP contribution is -2.41. The average molecular weight is 1750 g/mol. The normalized spacial score (nSPS) is 11.4. The third-order valence-corrected chi connectivity index (χ3v) is 20.8. The first kappa shape index (κ1) is 99.8. The molecule has 672 valence electrons. The van der Waals surface area contributed by atoms with Gasteiger partial charge in [-0.3, -0.25) is 24.0 Å². The Morgan fingerprint density at radius 2 is 0.597 bits per heavy atom. The van der Waals surface area contributed by atoms with Crippen molar-refractivity contribution in [3.63, 3.8) is 0 Å². The number of unbranched alkanes of at least 4 members (excludes halogenated alkanes) is 2. The molecule has 23 nitrogen and oxygen atoms in total. The summed E-state index contributed by atoms with van der Waals surface area (Å²) in [5.74, 6) is -0.948. The fraction of sp³-hybridized carbons (Fsp3) is 0.274. The van der Waals surface area contributed by atoms with Gasteiger partial charge in [-0.05, 0) is 192 Å². The minimum absolute atomic E-state index is 0.0181. The Morgan fingerprint density at radius 3 is 0.953 bits per heavy atom. The van der Waals surface area contributed by atoms with Gasteiger partial charge >= 0.3 is 36.1 Å². The first-order valence-corrected chi connectivity index (χ1v) is 42.8. The second-order valence-corrected chi connectivity index (χ2v) is 30.9. The first-order valence-electron chi connectivity index (χ1n) is 42.8. The Kier molecular flexibility index (Phi) is 42.5. The van der Waals surface area contributed by atoms with Crippen molar-refractivity contribution >= 4 is 70.8 Å². The molecular formula is C106H114N4O19. The van der Waals surface area contributed by atoms with Crippen LogP contribution >= 0.6 is 0 Å². The molecule has 129 heavy (non-hydrogen) atoms. The summed E-state index contributed by atoms with van der Waals surface area (Å²) >= 11 is 0. The lowest BCUT2D eigenvalue weighted by atomic mass is 9.92. The van der Waals surface area contributed by atoms with Gasteiger partial charge in [0, 0.05) is 67.8 Å². The van der Waals surface area contributed by atoms with Crippen molar-refractivity contribution in [2.24, 2.45) is 17.8 Å². The molecule has 0 fully saturated rings. The molecule has 5 N–H and O–H groups in total. The van der Waals surface area contributed by atoms with Crippen molar-refractivity contribution < 1.29 is 90.6 Å². The number of ketones is 4. The SMILES string of the molecule is COC(=O)c1cccc(CC(=O)[C@@H](C)CCCCNC(=O)OCc2ccccc2)c1.COC(=O)c1cccc(CC(=O)[C@@H](C)Cc2ccc(OCc3ccccc3)cc2)c1.COC(=O)c1cccc(CC(=O)[C@H](CCCCNC(=O)OCc2ccccc2)NC(=O)c2cccc(CC(=O)[C@@H](C)Cc3ccc(OCc4ccccc4)cc3)c2)c1.COC(=O)c1cccc(N)c1. The van der Waals surface area contributed by atoms with Crippen LogP contribution in [0.25, 0.3) is 0 Å². The van der Waals surface area contributed by atoms with Crippen LogP contribution in [0.3, 0.4) is 0 Å². The predicted octanol–water partition coefficient (Wildman–Crippen LogP) is 18.5. The Balaban J connectivity index is 0.000000242. The standard InChI is InChI=1S/C48H50N2O8.C26H26O4.C24H29NO5.C8H9NO2/c1-34(27-35-22-24-42(25-23-35)57-32-36-13-5-3-6-14-36)44(51)30-38-17-11-19-40(28-38)46(53)50-43(45(52)31-39-18-12-20-41(29-39)47(54)56-2)21-9-10-26-49-48(55)58-33-37-15-7-4-8-16-37;1-19(25(27)17-22-9-6-10-23(16-22)26(28)29-2)15-20-11-13-24(14-12-20)30-18-21-7-4-3-5-8-21;1-18(22(26)16-20-12-8-13-21(15-20)23(27)29-2)9-6-7-14-25-24(28)30-17-19-10-4-3-5-11-19;1-11-8(10)6-3-2-4-7(9)5-6/h3-8,11-20,22-25,28-29,34,43H,9-10,21,26-27,30-33H2,1-2H3,(H,49,55)(H,50,53);3-14,16,19H,15,17-18H2,1-2H3;3-5,8,10-13,15,18H,6-7,9,14,16-17H2,1-2H3,(H,25,28);2-5H,9H2,1H3/t34-,43-;19-;18-;/m000./s1. The quantitative estimate of drug-likeness (QED) is 0.0119. The number of nitrogens with two attached hydrogens (primary N) is 1. The number of carbonyl (C=O) groups excluding carboxylic acids is 11. The van der Waals surface area contributed by atoms with Gasteiger partial charge in [-0.1, -0.05) is 227 Å². The number of benzene rings is 11. The molecular weight excluding hydrogens is 1630 g/mol. The summed E-state index contributed by atoms with van der Waals surface area (Å²) in [6.07, 6.45) is 4.70. The van der Waals surface area contributed by atoms with Crippen molar-refractivity contribution in [1.29, 1.82) is 0 Å². The number of ether oxygens (including phenoxy) is 8. The van der Waals surface area contributed by atoms with Crippen molar-refractivity contribution in [3.05, 3.63) is 375 Å². The molecule has 0 bridgehead atoms. The molecule has 0 spiro atoms. The van der Waals surface area contributed by atoms with Gasteiger partial charge in [0.2, 0.25) is 0 Å². The summed E-state index contributed by atoms with van der Waals surface area (Å²) < 4.78 is 40.9. The van der Waals surface area contributed by atoms with E-state index in [1.165, 1.54) is 28.4 Å². The number of Topliss-reactive ketones (excluding diaryl/α,β-unsaturated/α-hetero) is 4. The summed E-state index contributed by atoms with van der Waals surface area (Å²) in [6, 6.07) is 87.8. The second-order valence-electron chi connectivity index (χ2n) is 30.9. The Hall–Kier alpha value is -14.6. The number of hydrogen-bond acceptors (Lipinski definition) is 20. The molecule has 0 saturated carbocycles. The first-order chi connectivity index (χ1) is 62.4. The number of anilines is 1. The average Bonchev–Trinajstić information content (AvgIpc) is 0.839. The molecule has 11 aromatic rings. The zero-order valence-corrected chi connectivity index (χ0v) is 74.1. The number of nitrogens with one attached hydrogen (secondary N) is 3. The largest absolute Gasteiger partial charge is 0.489 e. The molecule has 4 atom stereocenters. The molecule has 11 aromatic carbocycles. The minimum atomic E-state index is -0.847. The topological polar surface area (TPSA) is 324 Å². The van der Waals surface area contributed by atoms with E-state index in [9.17, 15) is 52.7 Å². The summed E-state index contributed by atoms with van der Waals surface area (Å²) in [4.78, 5) is 136. The van der Waals surface area contributed by atoms with E-state index in [0.29, 0.717) is 109 Å². The van der Waals surface area contributed by atoms with Crippen LogP contribution < -0.4 is 31.2 Å². The molecule has 0 aliphatic heterocycles. The maximum absolute atomic E-state index is 13.7. The molecule has 11 rings (SSSR count). The van der Waals surface area contributed by atoms with Crippen LogP contribution in [-0.4, -0.2) is 113 Å². The highest BCUT2D eigenvalue weighted by molar-refractivity contribution is 5.99. The van der Waals surface area contributed by atoms with E-state index in [1.54, 1.807) is 103 Å².